The minimum Gasteiger partial charge on any atom is -0.378 e. The molecule has 0 N–H and O–H groups in total. The van der Waals surface area contributed by atoms with Gasteiger partial charge < -0.3 is 4.74 Å². The minimum atomic E-state index is -0.237. The molecule has 3 nitrogen and oxygen atoms in total. The fraction of sp³-hybridized carbons (Fsp3) is 0.318. The van der Waals surface area contributed by atoms with E-state index in [0.717, 1.165) is 24.1 Å². The van der Waals surface area contributed by atoms with Crippen LogP contribution in [0.4, 0.5) is 4.39 Å². The number of nitrogens with zero attached hydrogens (tertiary/aromatic N) is 2. The summed E-state index contributed by atoms with van der Waals surface area (Å²) in [6.07, 6.45) is 3.17. The fourth-order valence-corrected chi connectivity index (χ4v) is 3.92. The van der Waals surface area contributed by atoms with Crippen molar-refractivity contribution < 1.29 is 9.13 Å². The van der Waals surface area contributed by atoms with Gasteiger partial charge in [-0.05, 0) is 29.2 Å². The second kappa shape index (κ2) is 7.41. The van der Waals surface area contributed by atoms with Crippen LogP contribution in [-0.2, 0) is 17.7 Å². The molecule has 2 aromatic rings. The Morgan fingerprint density at radius 1 is 1.12 bits per heavy atom. The lowest BCUT2D eigenvalue weighted by atomic mass is 9.88. The highest BCUT2D eigenvalue weighted by Gasteiger charge is 2.35. The Balaban J connectivity index is 1.59. The molecule has 0 spiro atoms. The average Bonchev–Trinajstić information content (AvgIpc) is 2.63. The van der Waals surface area contributed by atoms with E-state index < -0.39 is 0 Å². The van der Waals surface area contributed by atoms with Gasteiger partial charge >= 0.3 is 0 Å². The largest absolute Gasteiger partial charge is 0.378 e. The maximum atomic E-state index is 14.6. The molecular weight excluding hydrogens is 327 g/mol. The normalized spacial score (nSPS) is 22.5. The van der Waals surface area contributed by atoms with E-state index in [0.29, 0.717) is 18.8 Å². The molecule has 0 aliphatic carbocycles. The Kier molecular flexibility index (Phi) is 4.83. The number of ether oxygens (including phenoxy) is 1. The molecule has 0 saturated carbocycles. The Morgan fingerprint density at radius 3 is 2.69 bits per heavy atom. The molecule has 2 aliphatic rings. The first kappa shape index (κ1) is 17.0. The summed E-state index contributed by atoms with van der Waals surface area (Å²) in [5.41, 5.74) is 3.71. The van der Waals surface area contributed by atoms with Gasteiger partial charge in [0.05, 0.1) is 31.7 Å². The molecule has 2 bridgehead atoms. The SMILES string of the molecule is N#CCc1ccc(C2=CC3COCC(C2)N3Cc2ccccc2)c(F)c1. The number of hydrogen-bond donors (Lipinski definition) is 0. The summed E-state index contributed by atoms with van der Waals surface area (Å²) in [5, 5.41) is 8.78. The zero-order valence-corrected chi connectivity index (χ0v) is 14.6. The van der Waals surface area contributed by atoms with Crippen molar-refractivity contribution >= 4 is 5.57 Å². The van der Waals surface area contributed by atoms with Gasteiger partial charge in [-0.3, -0.25) is 4.90 Å². The fourth-order valence-electron chi connectivity index (χ4n) is 3.92. The second-order valence-corrected chi connectivity index (χ2v) is 6.96. The van der Waals surface area contributed by atoms with Crippen molar-refractivity contribution in [2.75, 3.05) is 13.2 Å². The third-order valence-electron chi connectivity index (χ3n) is 5.21. The molecule has 0 aromatic heterocycles. The highest BCUT2D eigenvalue weighted by Crippen LogP contribution is 2.34. The van der Waals surface area contributed by atoms with Crippen molar-refractivity contribution in [1.82, 2.24) is 4.90 Å². The predicted octanol–water partition coefficient (Wildman–Crippen LogP) is 3.95. The highest BCUT2D eigenvalue weighted by atomic mass is 19.1. The zero-order valence-electron chi connectivity index (χ0n) is 14.6. The van der Waals surface area contributed by atoms with Crippen LogP contribution in [0, 0.1) is 17.1 Å². The van der Waals surface area contributed by atoms with Gasteiger partial charge in [0, 0.05) is 18.2 Å². The van der Waals surface area contributed by atoms with Crippen LogP contribution in [0.3, 0.4) is 0 Å². The molecule has 0 amide bonds. The first-order valence-electron chi connectivity index (χ1n) is 8.98. The van der Waals surface area contributed by atoms with E-state index >= 15 is 0 Å². The maximum absolute atomic E-state index is 14.6. The highest BCUT2D eigenvalue weighted by molar-refractivity contribution is 5.68. The van der Waals surface area contributed by atoms with Crippen molar-refractivity contribution in [3.8, 4) is 6.07 Å². The number of nitriles is 1. The molecule has 2 atom stereocenters. The Hall–Kier alpha value is -2.48. The van der Waals surface area contributed by atoms with Crippen molar-refractivity contribution in [2.45, 2.75) is 31.5 Å². The molecule has 2 unspecified atom stereocenters. The predicted molar refractivity (Wildman–Crippen MR) is 98.7 cm³/mol. The molecule has 4 rings (SSSR count). The Bertz CT molecular complexity index is 856. The number of benzene rings is 2. The standard InChI is InChI=1S/C22H21FN2O/c23-22-10-16(8-9-24)6-7-21(22)18-11-19-14-26-15-20(12-18)25(19)13-17-4-2-1-3-5-17/h1-7,10-11,19-20H,8,12-15H2. The number of rotatable bonds is 4. The number of fused-ring (bicyclic) bond motifs is 2. The van der Waals surface area contributed by atoms with Crippen LogP contribution in [0.25, 0.3) is 5.57 Å². The molecule has 2 aliphatic heterocycles. The monoisotopic (exact) mass is 348 g/mol. The van der Waals surface area contributed by atoms with Gasteiger partial charge in [-0.25, -0.2) is 4.39 Å². The first-order valence-corrected chi connectivity index (χ1v) is 8.98. The summed E-state index contributed by atoms with van der Waals surface area (Å²) >= 11 is 0. The zero-order chi connectivity index (χ0) is 17.9. The van der Waals surface area contributed by atoms with Crippen molar-refractivity contribution in [3.63, 3.8) is 0 Å². The maximum Gasteiger partial charge on any atom is 0.130 e. The summed E-state index contributed by atoms with van der Waals surface area (Å²) in [6, 6.07) is 18.1. The van der Waals surface area contributed by atoms with Crippen LogP contribution in [0.2, 0.25) is 0 Å². The van der Waals surface area contributed by atoms with Crippen molar-refractivity contribution in [3.05, 3.63) is 77.1 Å². The summed E-state index contributed by atoms with van der Waals surface area (Å²) in [7, 11) is 0. The molecule has 4 heteroatoms. The van der Waals surface area contributed by atoms with E-state index in [4.69, 9.17) is 10.00 Å². The molecular formula is C22H21FN2O. The lowest BCUT2D eigenvalue weighted by Crippen LogP contribution is -2.53. The lowest BCUT2D eigenvalue weighted by molar-refractivity contribution is -0.0403. The van der Waals surface area contributed by atoms with E-state index in [2.05, 4.69) is 41.3 Å². The second-order valence-electron chi connectivity index (χ2n) is 6.96. The van der Waals surface area contributed by atoms with Crippen molar-refractivity contribution in [1.29, 1.82) is 5.26 Å². The smallest absolute Gasteiger partial charge is 0.130 e. The molecule has 26 heavy (non-hydrogen) atoms. The van der Waals surface area contributed by atoms with E-state index in [-0.39, 0.29) is 24.3 Å². The van der Waals surface area contributed by atoms with Crippen LogP contribution < -0.4 is 0 Å². The molecule has 2 aromatic carbocycles. The third kappa shape index (κ3) is 3.41. The molecule has 1 fully saturated rings. The number of morpholine rings is 1. The minimum absolute atomic E-state index is 0.163. The number of halogens is 1. The molecule has 0 radical (unpaired) electrons. The number of hydrogen-bond acceptors (Lipinski definition) is 3. The van der Waals surface area contributed by atoms with Crippen LogP contribution >= 0.6 is 0 Å². The molecule has 132 valence electrons. The summed E-state index contributed by atoms with van der Waals surface area (Å²) in [6.45, 7) is 2.20. The van der Waals surface area contributed by atoms with Crippen molar-refractivity contribution in [2.24, 2.45) is 0 Å². The average molecular weight is 348 g/mol. The van der Waals surface area contributed by atoms with E-state index in [9.17, 15) is 4.39 Å². The van der Waals surface area contributed by atoms with Crippen LogP contribution in [0.5, 0.6) is 0 Å². The van der Waals surface area contributed by atoms with Gasteiger partial charge in [0.1, 0.15) is 5.82 Å². The summed E-state index contributed by atoms with van der Waals surface area (Å²) in [4.78, 5) is 2.46. The van der Waals surface area contributed by atoms with E-state index in [1.54, 1.807) is 0 Å². The first-order chi connectivity index (χ1) is 12.7. The summed E-state index contributed by atoms with van der Waals surface area (Å²) < 4.78 is 20.3. The van der Waals surface area contributed by atoms with Crippen LogP contribution in [0.1, 0.15) is 23.1 Å². The molecule has 2 heterocycles. The van der Waals surface area contributed by atoms with E-state index in [1.807, 2.05) is 18.2 Å². The quantitative estimate of drug-likeness (QED) is 0.839. The third-order valence-corrected chi connectivity index (χ3v) is 5.21. The van der Waals surface area contributed by atoms with Crippen LogP contribution in [-0.4, -0.2) is 30.2 Å². The van der Waals surface area contributed by atoms with Gasteiger partial charge in [-0.1, -0.05) is 48.5 Å². The van der Waals surface area contributed by atoms with Gasteiger partial charge in [-0.15, -0.1) is 0 Å². The van der Waals surface area contributed by atoms with Gasteiger partial charge in [-0.2, -0.15) is 5.26 Å². The Labute approximate surface area is 153 Å². The molecule has 1 saturated heterocycles. The van der Waals surface area contributed by atoms with Crippen LogP contribution in [0.15, 0.2) is 54.6 Å². The summed E-state index contributed by atoms with van der Waals surface area (Å²) in [5.74, 6) is -0.237. The lowest BCUT2D eigenvalue weighted by Gasteiger charge is -2.45. The topological polar surface area (TPSA) is 36.3 Å². The van der Waals surface area contributed by atoms with Gasteiger partial charge in [0.2, 0.25) is 0 Å². The van der Waals surface area contributed by atoms with Gasteiger partial charge in [0.15, 0.2) is 0 Å². The van der Waals surface area contributed by atoms with Gasteiger partial charge in [0.25, 0.3) is 0 Å². The van der Waals surface area contributed by atoms with E-state index in [1.165, 1.54) is 11.6 Å². The Morgan fingerprint density at radius 2 is 1.96 bits per heavy atom.